The molecule has 0 radical (unpaired) electrons. The third-order valence-electron chi connectivity index (χ3n) is 3.13. The average Bonchev–Trinajstić information content (AvgIpc) is 2.20. The van der Waals surface area contributed by atoms with Gasteiger partial charge in [0.1, 0.15) is 0 Å². The van der Waals surface area contributed by atoms with E-state index in [1.165, 1.54) is 0 Å². The number of hydrogen-bond acceptors (Lipinski definition) is 3. The van der Waals surface area contributed by atoms with Crippen molar-refractivity contribution in [1.29, 1.82) is 0 Å². The maximum Gasteiger partial charge on any atom is 0.303 e. The second kappa shape index (κ2) is 7.09. The summed E-state index contributed by atoms with van der Waals surface area (Å²) < 4.78 is 25.1. The fourth-order valence-corrected chi connectivity index (χ4v) is 2.43. The molecule has 0 fully saturated rings. The molecule has 0 aliphatic rings. The van der Waals surface area contributed by atoms with E-state index in [2.05, 4.69) is 4.72 Å². The first-order valence-corrected chi connectivity index (χ1v) is 7.93. The van der Waals surface area contributed by atoms with Crippen molar-refractivity contribution < 1.29 is 18.3 Å². The number of sulfonamides is 1. The van der Waals surface area contributed by atoms with Crippen molar-refractivity contribution in [3.8, 4) is 0 Å². The van der Waals surface area contributed by atoms with Crippen molar-refractivity contribution in [2.24, 2.45) is 11.3 Å². The van der Waals surface area contributed by atoms with Gasteiger partial charge in [0.05, 0.1) is 5.75 Å². The first-order chi connectivity index (χ1) is 8.08. The molecular weight excluding hydrogens is 254 g/mol. The van der Waals surface area contributed by atoms with Gasteiger partial charge in [0.2, 0.25) is 10.0 Å². The Bertz CT molecular complexity index is 357. The first-order valence-electron chi connectivity index (χ1n) is 6.27. The highest BCUT2D eigenvalue weighted by atomic mass is 32.2. The summed E-state index contributed by atoms with van der Waals surface area (Å²) in [4.78, 5) is 10.6. The maximum absolute atomic E-state index is 11.3. The smallest absolute Gasteiger partial charge is 0.303 e. The summed E-state index contributed by atoms with van der Waals surface area (Å²) in [5.41, 5.74) is -0.0207. The molecule has 1 atom stereocenters. The Morgan fingerprint density at radius 3 is 2.22 bits per heavy atom. The molecule has 18 heavy (non-hydrogen) atoms. The Morgan fingerprint density at radius 1 is 1.28 bits per heavy atom. The monoisotopic (exact) mass is 279 g/mol. The second-order valence-electron chi connectivity index (χ2n) is 5.58. The summed E-state index contributed by atoms with van der Waals surface area (Å²) >= 11 is 0. The number of nitrogens with one attached hydrogen (secondary N) is 1. The normalized spacial score (nSPS) is 14.4. The molecule has 0 aliphatic heterocycles. The summed E-state index contributed by atoms with van der Waals surface area (Å²) in [5.74, 6) is -0.547. The van der Waals surface area contributed by atoms with Crippen LogP contribution in [0.25, 0.3) is 0 Å². The van der Waals surface area contributed by atoms with Crippen LogP contribution in [0.1, 0.15) is 47.0 Å². The van der Waals surface area contributed by atoms with E-state index in [1.54, 1.807) is 6.92 Å². The summed E-state index contributed by atoms with van der Waals surface area (Å²) in [6, 6.07) is 0. The van der Waals surface area contributed by atoms with Crippen molar-refractivity contribution in [2.75, 3.05) is 12.3 Å². The second-order valence-corrected chi connectivity index (χ2v) is 7.68. The number of rotatable bonds is 8. The van der Waals surface area contributed by atoms with Crippen LogP contribution in [0.2, 0.25) is 0 Å². The van der Waals surface area contributed by atoms with Crippen LogP contribution in [0, 0.1) is 11.3 Å². The van der Waals surface area contributed by atoms with Crippen LogP contribution >= 0.6 is 0 Å². The van der Waals surface area contributed by atoms with E-state index in [0.29, 0.717) is 19.4 Å². The Morgan fingerprint density at radius 2 is 1.83 bits per heavy atom. The van der Waals surface area contributed by atoms with E-state index < -0.39 is 16.0 Å². The largest absolute Gasteiger partial charge is 0.481 e. The molecule has 0 rings (SSSR count). The van der Waals surface area contributed by atoms with E-state index in [0.717, 1.165) is 0 Å². The highest BCUT2D eigenvalue weighted by Gasteiger charge is 2.25. The van der Waals surface area contributed by atoms with Gasteiger partial charge in [0.15, 0.2) is 0 Å². The van der Waals surface area contributed by atoms with Gasteiger partial charge in [-0.3, -0.25) is 4.79 Å². The number of aliphatic carboxylic acids is 1. The SMILES string of the molecule is CCS(=O)(=O)NCCC(CCC(=O)O)C(C)(C)C. The van der Waals surface area contributed by atoms with E-state index in [4.69, 9.17) is 5.11 Å². The van der Waals surface area contributed by atoms with Gasteiger partial charge < -0.3 is 5.11 Å². The molecule has 0 saturated carbocycles. The Hall–Kier alpha value is -0.620. The van der Waals surface area contributed by atoms with Crippen LogP contribution in [0.15, 0.2) is 0 Å². The van der Waals surface area contributed by atoms with Crippen molar-refractivity contribution in [2.45, 2.75) is 47.0 Å². The van der Waals surface area contributed by atoms with E-state index in [1.807, 2.05) is 20.8 Å². The van der Waals surface area contributed by atoms with Crippen LogP contribution in [0.5, 0.6) is 0 Å². The zero-order valence-electron chi connectivity index (χ0n) is 11.7. The summed E-state index contributed by atoms with van der Waals surface area (Å²) in [7, 11) is -3.16. The lowest BCUT2D eigenvalue weighted by Gasteiger charge is -2.30. The van der Waals surface area contributed by atoms with E-state index in [-0.39, 0.29) is 23.5 Å². The van der Waals surface area contributed by atoms with Crippen molar-refractivity contribution >= 4 is 16.0 Å². The van der Waals surface area contributed by atoms with Crippen LogP contribution in [0.4, 0.5) is 0 Å². The molecule has 0 spiro atoms. The summed E-state index contributed by atoms with van der Waals surface area (Å²) in [6.45, 7) is 8.11. The third kappa shape index (κ3) is 7.66. The summed E-state index contributed by atoms with van der Waals surface area (Å²) in [6.07, 6.45) is 1.37. The van der Waals surface area contributed by atoms with Gasteiger partial charge in [-0.05, 0) is 31.1 Å². The Balaban J connectivity index is 4.31. The molecule has 0 amide bonds. The molecule has 0 saturated heterocycles. The summed E-state index contributed by atoms with van der Waals surface area (Å²) in [5, 5.41) is 8.71. The third-order valence-corrected chi connectivity index (χ3v) is 4.53. The number of carboxylic acids is 1. The lowest BCUT2D eigenvalue weighted by atomic mass is 9.76. The van der Waals surface area contributed by atoms with Crippen LogP contribution in [-0.2, 0) is 14.8 Å². The van der Waals surface area contributed by atoms with Crippen molar-refractivity contribution in [1.82, 2.24) is 4.72 Å². The molecule has 6 heteroatoms. The van der Waals surface area contributed by atoms with Gasteiger partial charge in [-0.25, -0.2) is 13.1 Å². The zero-order chi connectivity index (χ0) is 14.4. The Labute approximate surface area is 110 Å². The number of carbonyl (C=O) groups is 1. The lowest BCUT2D eigenvalue weighted by molar-refractivity contribution is -0.137. The van der Waals surface area contributed by atoms with Gasteiger partial charge >= 0.3 is 5.97 Å². The van der Waals surface area contributed by atoms with Crippen molar-refractivity contribution in [3.63, 3.8) is 0 Å². The quantitative estimate of drug-likeness (QED) is 0.710. The van der Waals surface area contributed by atoms with Gasteiger partial charge in [-0.15, -0.1) is 0 Å². The molecular formula is C12H25NO4S. The highest BCUT2D eigenvalue weighted by Crippen LogP contribution is 2.32. The number of carboxylic acid groups (broad SMARTS) is 1. The van der Waals surface area contributed by atoms with Crippen LogP contribution in [-0.4, -0.2) is 31.8 Å². The average molecular weight is 279 g/mol. The minimum absolute atomic E-state index is 0.0207. The van der Waals surface area contributed by atoms with Gasteiger partial charge in [0.25, 0.3) is 0 Å². The first kappa shape index (κ1) is 17.4. The number of hydrogen-bond donors (Lipinski definition) is 2. The highest BCUT2D eigenvalue weighted by molar-refractivity contribution is 7.89. The van der Waals surface area contributed by atoms with Crippen molar-refractivity contribution in [3.05, 3.63) is 0 Å². The molecule has 0 aliphatic carbocycles. The molecule has 0 aromatic heterocycles. The molecule has 0 bridgehead atoms. The minimum atomic E-state index is -3.16. The standard InChI is InChI=1S/C12H25NO4S/c1-5-18(16,17)13-9-8-10(12(2,3)4)6-7-11(14)15/h10,13H,5-9H2,1-4H3,(H,14,15). The predicted molar refractivity (Wildman–Crippen MR) is 71.9 cm³/mol. The molecule has 0 heterocycles. The van der Waals surface area contributed by atoms with Crippen LogP contribution < -0.4 is 4.72 Å². The molecule has 5 nitrogen and oxygen atoms in total. The Kier molecular flexibility index (Phi) is 6.84. The van der Waals surface area contributed by atoms with E-state index >= 15 is 0 Å². The van der Waals surface area contributed by atoms with E-state index in [9.17, 15) is 13.2 Å². The molecule has 108 valence electrons. The molecule has 1 unspecified atom stereocenters. The van der Waals surface area contributed by atoms with Gasteiger partial charge in [0, 0.05) is 13.0 Å². The molecule has 0 aromatic carbocycles. The topological polar surface area (TPSA) is 83.5 Å². The predicted octanol–water partition coefficient (Wildman–Crippen LogP) is 1.84. The van der Waals surface area contributed by atoms with Gasteiger partial charge in [-0.2, -0.15) is 0 Å². The van der Waals surface area contributed by atoms with Crippen LogP contribution in [0.3, 0.4) is 0 Å². The fraction of sp³-hybridized carbons (Fsp3) is 0.917. The molecule has 0 aromatic rings. The fourth-order valence-electron chi connectivity index (χ4n) is 1.80. The zero-order valence-corrected chi connectivity index (χ0v) is 12.5. The minimum Gasteiger partial charge on any atom is -0.481 e. The maximum atomic E-state index is 11.3. The lowest BCUT2D eigenvalue weighted by Crippen LogP contribution is -2.30. The van der Waals surface area contributed by atoms with Gasteiger partial charge in [-0.1, -0.05) is 20.8 Å². The molecule has 2 N–H and O–H groups in total.